The van der Waals surface area contributed by atoms with E-state index in [4.69, 9.17) is 9.47 Å². The lowest BCUT2D eigenvalue weighted by molar-refractivity contribution is -0.163. The summed E-state index contributed by atoms with van der Waals surface area (Å²) in [7, 11) is 0. The second kappa shape index (κ2) is 7.66. The lowest BCUT2D eigenvalue weighted by atomic mass is 9.95. The Bertz CT molecular complexity index is 885. The Kier molecular flexibility index (Phi) is 5.09. The molecule has 0 bridgehead atoms. The van der Waals surface area contributed by atoms with E-state index < -0.39 is 11.4 Å². The van der Waals surface area contributed by atoms with Gasteiger partial charge in [-0.15, -0.1) is 0 Å². The Morgan fingerprint density at radius 3 is 2.96 bits per heavy atom. The minimum atomic E-state index is -0.870. The second-order valence-corrected chi connectivity index (χ2v) is 6.91. The minimum absolute atomic E-state index is 0.0279. The highest BCUT2D eigenvalue weighted by Crippen LogP contribution is 2.31. The standard InChI is InChI=1S/C19H22FN3O4/c20-16-12(4-6-21-19(16)25)14-9-13-17(23-14)11(10-22-18(13)24)5-8-27-15-3-1-2-7-26-15/h4,6,9,11,15,23H,1-3,5,7-8,10H2,(H,21,25)(H,22,24). The highest BCUT2D eigenvalue weighted by atomic mass is 19.1. The van der Waals surface area contributed by atoms with Gasteiger partial charge in [-0.1, -0.05) is 0 Å². The van der Waals surface area contributed by atoms with Crippen LogP contribution in [0, 0.1) is 5.82 Å². The van der Waals surface area contributed by atoms with Gasteiger partial charge in [-0.3, -0.25) is 9.59 Å². The number of carbonyl (C=O) groups is 1. The quantitative estimate of drug-likeness (QED) is 0.747. The number of ether oxygens (including phenoxy) is 2. The number of rotatable bonds is 5. The molecule has 3 N–H and O–H groups in total. The molecule has 0 aliphatic carbocycles. The Morgan fingerprint density at radius 2 is 2.15 bits per heavy atom. The van der Waals surface area contributed by atoms with Gasteiger partial charge in [-0.05, 0) is 37.8 Å². The number of H-pyrrole nitrogens is 2. The monoisotopic (exact) mass is 375 g/mol. The fraction of sp³-hybridized carbons (Fsp3) is 0.474. The van der Waals surface area contributed by atoms with Crippen LogP contribution in [0.25, 0.3) is 11.3 Å². The summed E-state index contributed by atoms with van der Waals surface area (Å²) in [4.78, 5) is 29.2. The molecule has 1 saturated heterocycles. The maximum Gasteiger partial charge on any atom is 0.284 e. The molecule has 7 nitrogen and oxygen atoms in total. The van der Waals surface area contributed by atoms with Crippen molar-refractivity contribution in [1.82, 2.24) is 15.3 Å². The maximum atomic E-state index is 14.2. The highest BCUT2D eigenvalue weighted by Gasteiger charge is 2.29. The van der Waals surface area contributed by atoms with Crippen molar-refractivity contribution in [3.63, 3.8) is 0 Å². The van der Waals surface area contributed by atoms with Gasteiger partial charge in [-0.25, -0.2) is 4.39 Å². The first-order chi connectivity index (χ1) is 13.1. The zero-order chi connectivity index (χ0) is 18.8. The van der Waals surface area contributed by atoms with Crippen LogP contribution < -0.4 is 10.9 Å². The zero-order valence-electron chi connectivity index (χ0n) is 14.8. The SMILES string of the molecule is O=C1NCC(CCOC2CCCCO2)c2[nH]c(-c3cc[nH]c(=O)c3F)cc21. The van der Waals surface area contributed by atoms with Crippen LogP contribution in [0.5, 0.6) is 0 Å². The first-order valence-electron chi connectivity index (χ1n) is 9.25. The number of fused-ring (bicyclic) bond motifs is 1. The fourth-order valence-electron chi connectivity index (χ4n) is 3.64. The zero-order valence-corrected chi connectivity index (χ0v) is 14.8. The van der Waals surface area contributed by atoms with Crippen LogP contribution in [-0.4, -0.2) is 41.9 Å². The second-order valence-electron chi connectivity index (χ2n) is 6.91. The van der Waals surface area contributed by atoms with E-state index in [1.54, 1.807) is 6.07 Å². The summed E-state index contributed by atoms with van der Waals surface area (Å²) in [5.41, 5.74) is 1.01. The molecule has 4 heterocycles. The van der Waals surface area contributed by atoms with Crippen molar-refractivity contribution in [3.8, 4) is 11.3 Å². The van der Waals surface area contributed by atoms with Crippen molar-refractivity contribution in [2.45, 2.75) is 37.9 Å². The van der Waals surface area contributed by atoms with E-state index in [1.807, 2.05) is 0 Å². The van der Waals surface area contributed by atoms with Gasteiger partial charge in [0.1, 0.15) is 0 Å². The van der Waals surface area contributed by atoms with E-state index in [9.17, 15) is 14.0 Å². The Morgan fingerprint density at radius 1 is 1.26 bits per heavy atom. The van der Waals surface area contributed by atoms with Gasteiger partial charge in [0.05, 0.1) is 12.2 Å². The van der Waals surface area contributed by atoms with Crippen molar-refractivity contribution in [2.75, 3.05) is 19.8 Å². The first-order valence-corrected chi connectivity index (χ1v) is 9.25. The number of pyridine rings is 1. The number of amides is 1. The smallest absolute Gasteiger partial charge is 0.284 e. The van der Waals surface area contributed by atoms with Gasteiger partial charge in [0.25, 0.3) is 11.5 Å². The summed E-state index contributed by atoms with van der Waals surface area (Å²) in [6.07, 6.45) is 5.01. The van der Waals surface area contributed by atoms with E-state index in [2.05, 4.69) is 15.3 Å². The van der Waals surface area contributed by atoms with Crippen molar-refractivity contribution in [2.24, 2.45) is 0 Å². The molecule has 1 amide bonds. The normalized spacial score (nSPS) is 22.3. The largest absolute Gasteiger partial charge is 0.357 e. The van der Waals surface area contributed by atoms with E-state index in [-0.39, 0.29) is 23.7 Å². The van der Waals surface area contributed by atoms with E-state index >= 15 is 0 Å². The molecule has 0 saturated carbocycles. The Balaban J connectivity index is 1.51. The molecule has 2 aliphatic rings. The molecule has 0 aromatic carbocycles. The molecular weight excluding hydrogens is 353 g/mol. The number of aromatic amines is 2. The summed E-state index contributed by atoms with van der Waals surface area (Å²) in [6.45, 7) is 1.73. The van der Waals surface area contributed by atoms with Gasteiger partial charge in [0, 0.05) is 42.2 Å². The van der Waals surface area contributed by atoms with Crippen LogP contribution in [0.1, 0.15) is 47.7 Å². The van der Waals surface area contributed by atoms with Crippen LogP contribution >= 0.6 is 0 Å². The van der Waals surface area contributed by atoms with Gasteiger partial charge >= 0.3 is 0 Å². The molecule has 27 heavy (non-hydrogen) atoms. The lowest BCUT2D eigenvalue weighted by Gasteiger charge is -2.26. The van der Waals surface area contributed by atoms with Crippen molar-refractivity contribution < 1.29 is 18.7 Å². The van der Waals surface area contributed by atoms with E-state index in [0.717, 1.165) is 31.6 Å². The average molecular weight is 375 g/mol. The van der Waals surface area contributed by atoms with Crippen molar-refractivity contribution in [1.29, 1.82) is 0 Å². The van der Waals surface area contributed by atoms with Crippen molar-refractivity contribution in [3.05, 3.63) is 45.8 Å². The molecule has 2 aromatic rings. The van der Waals surface area contributed by atoms with E-state index in [1.165, 1.54) is 12.3 Å². The predicted molar refractivity (Wildman–Crippen MR) is 96.0 cm³/mol. The molecule has 0 radical (unpaired) electrons. The highest BCUT2D eigenvalue weighted by molar-refractivity contribution is 5.98. The molecule has 2 aliphatic heterocycles. The van der Waals surface area contributed by atoms with Crippen LogP contribution in [0.15, 0.2) is 23.1 Å². The summed E-state index contributed by atoms with van der Waals surface area (Å²) in [6, 6.07) is 3.07. The Labute approximate surface area is 155 Å². The van der Waals surface area contributed by atoms with Gasteiger partial charge in [-0.2, -0.15) is 0 Å². The third-order valence-corrected chi connectivity index (χ3v) is 5.11. The molecule has 4 rings (SSSR count). The lowest BCUT2D eigenvalue weighted by Crippen LogP contribution is -2.35. The minimum Gasteiger partial charge on any atom is -0.357 e. The fourth-order valence-corrected chi connectivity index (χ4v) is 3.64. The maximum absolute atomic E-state index is 14.2. The molecule has 0 spiro atoms. The molecular formula is C19H22FN3O4. The predicted octanol–water partition coefficient (Wildman–Crippen LogP) is 2.27. The molecule has 2 aromatic heterocycles. The number of carbonyl (C=O) groups excluding carboxylic acids is 1. The van der Waals surface area contributed by atoms with Crippen LogP contribution in [-0.2, 0) is 9.47 Å². The first kappa shape index (κ1) is 17.9. The number of hydrogen-bond donors (Lipinski definition) is 3. The van der Waals surface area contributed by atoms with Crippen LogP contribution in [0.3, 0.4) is 0 Å². The Hall–Kier alpha value is -2.45. The van der Waals surface area contributed by atoms with Gasteiger partial charge in [0.15, 0.2) is 12.1 Å². The topological polar surface area (TPSA) is 96.2 Å². The summed E-state index contributed by atoms with van der Waals surface area (Å²) >= 11 is 0. The van der Waals surface area contributed by atoms with Crippen LogP contribution in [0.2, 0.25) is 0 Å². The number of hydrogen-bond acceptors (Lipinski definition) is 4. The van der Waals surface area contributed by atoms with Crippen LogP contribution in [0.4, 0.5) is 4.39 Å². The number of halogens is 1. The van der Waals surface area contributed by atoms with Gasteiger partial charge < -0.3 is 24.8 Å². The van der Waals surface area contributed by atoms with Gasteiger partial charge in [0.2, 0.25) is 0 Å². The summed E-state index contributed by atoms with van der Waals surface area (Å²) < 4.78 is 25.5. The molecule has 1 fully saturated rings. The molecule has 2 atom stereocenters. The average Bonchev–Trinajstić information content (AvgIpc) is 3.13. The molecule has 2 unspecified atom stereocenters. The number of aromatic nitrogens is 2. The third-order valence-electron chi connectivity index (χ3n) is 5.11. The summed E-state index contributed by atoms with van der Waals surface area (Å²) in [5.74, 6) is -1.04. The molecule has 144 valence electrons. The number of nitrogens with one attached hydrogen (secondary N) is 3. The third kappa shape index (κ3) is 3.68. The molecule has 8 heteroatoms. The van der Waals surface area contributed by atoms with Crippen molar-refractivity contribution >= 4 is 5.91 Å². The summed E-state index contributed by atoms with van der Waals surface area (Å²) in [5, 5.41) is 2.86. The van der Waals surface area contributed by atoms with E-state index in [0.29, 0.717) is 30.8 Å².